The van der Waals surface area contributed by atoms with Crippen LogP contribution in [0.4, 0.5) is 4.39 Å². The van der Waals surface area contributed by atoms with Crippen molar-refractivity contribution in [2.24, 2.45) is 0 Å². The van der Waals surface area contributed by atoms with Crippen LogP contribution in [-0.2, 0) is 0 Å². The summed E-state index contributed by atoms with van der Waals surface area (Å²) in [7, 11) is 0. The second-order valence-corrected chi connectivity index (χ2v) is 2.04. The smallest absolute Gasteiger partial charge is 0.125 e. The van der Waals surface area contributed by atoms with Crippen LogP contribution in [0.25, 0.3) is 0 Å². The van der Waals surface area contributed by atoms with E-state index >= 15 is 0 Å². The highest BCUT2D eigenvalue weighted by Gasteiger charge is 2.10. The molecule has 8 heavy (non-hydrogen) atoms. The summed E-state index contributed by atoms with van der Waals surface area (Å²) in [5, 5.41) is 0. The average Bonchev–Trinajstić information content (AvgIpc) is 1.77. The van der Waals surface area contributed by atoms with Gasteiger partial charge in [-0.05, 0) is 12.0 Å². The van der Waals surface area contributed by atoms with Gasteiger partial charge >= 0.3 is 0 Å². The van der Waals surface area contributed by atoms with Gasteiger partial charge < -0.3 is 0 Å². The Hall–Kier alpha value is -0.590. The highest BCUT2D eigenvalue weighted by molar-refractivity contribution is 5.14. The molecule has 0 aliphatic heterocycles. The van der Waals surface area contributed by atoms with Crippen molar-refractivity contribution < 1.29 is 4.39 Å². The molecule has 0 amide bonds. The van der Waals surface area contributed by atoms with Crippen LogP contribution in [0.3, 0.4) is 0 Å². The van der Waals surface area contributed by atoms with Gasteiger partial charge in [-0.15, -0.1) is 0 Å². The summed E-state index contributed by atoms with van der Waals surface area (Å²) in [6.07, 6.45) is 4.29. The number of halogens is 1. The molecule has 0 radical (unpaired) electrons. The number of hydrogen-bond donors (Lipinski definition) is 0. The van der Waals surface area contributed by atoms with E-state index < -0.39 is 6.17 Å². The molecular formula is C7H9F. The van der Waals surface area contributed by atoms with Crippen molar-refractivity contribution in [3.63, 3.8) is 0 Å². The maximum Gasteiger partial charge on any atom is 0.125 e. The van der Waals surface area contributed by atoms with Crippen molar-refractivity contribution >= 4 is 0 Å². The Kier molecular flexibility index (Phi) is 1.47. The van der Waals surface area contributed by atoms with Gasteiger partial charge in [0.1, 0.15) is 6.17 Å². The molecular weight excluding hydrogens is 103 g/mol. The lowest BCUT2D eigenvalue weighted by molar-refractivity contribution is 0.376. The Balaban J connectivity index is 2.57. The summed E-state index contributed by atoms with van der Waals surface area (Å²) in [5.74, 6) is 0. The van der Waals surface area contributed by atoms with Gasteiger partial charge in [-0.25, -0.2) is 4.39 Å². The second kappa shape index (κ2) is 2.12. The fourth-order valence-corrected chi connectivity index (χ4v) is 0.745. The van der Waals surface area contributed by atoms with Crippen LogP contribution >= 0.6 is 0 Å². The van der Waals surface area contributed by atoms with Crippen LogP contribution in [0, 0.1) is 0 Å². The molecule has 0 saturated carbocycles. The topological polar surface area (TPSA) is 0 Å². The van der Waals surface area contributed by atoms with Gasteiger partial charge in [-0.3, -0.25) is 0 Å². The molecule has 0 fully saturated rings. The normalized spacial score (nSPS) is 28.6. The Morgan fingerprint density at radius 1 is 1.62 bits per heavy atom. The van der Waals surface area contributed by atoms with Gasteiger partial charge in [0.05, 0.1) is 0 Å². The van der Waals surface area contributed by atoms with E-state index in [1.807, 2.05) is 12.2 Å². The molecule has 1 aliphatic carbocycles. The zero-order chi connectivity index (χ0) is 5.98. The van der Waals surface area contributed by atoms with Gasteiger partial charge in [-0.1, -0.05) is 18.7 Å². The zero-order valence-electron chi connectivity index (χ0n) is 4.73. The third-order valence-electron chi connectivity index (χ3n) is 1.33. The fraction of sp³-hybridized carbons (Fsp3) is 0.429. The first-order valence-corrected chi connectivity index (χ1v) is 2.77. The van der Waals surface area contributed by atoms with Gasteiger partial charge in [0, 0.05) is 6.42 Å². The lowest BCUT2D eigenvalue weighted by Gasteiger charge is -2.10. The first-order valence-electron chi connectivity index (χ1n) is 2.77. The number of rotatable bonds is 0. The van der Waals surface area contributed by atoms with E-state index in [0.29, 0.717) is 12.0 Å². The quantitative estimate of drug-likeness (QED) is 0.421. The van der Waals surface area contributed by atoms with Crippen molar-refractivity contribution in [2.75, 3.05) is 0 Å². The van der Waals surface area contributed by atoms with E-state index in [9.17, 15) is 4.39 Å². The van der Waals surface area contributed by atoms with E-state index in [0.717, 1.165) is 6.42 Å². The predicted molar refractivity (Wildman–Crippen MR) is 32.4 cm³/mol. The molecule has 0 nitrogen and oxygen atoms in total. The minimum atomic E-state index is -0.778. The molecule has 0 heterocycles. The Labute approximate surface area is 48.7 Å². The second-order valence-electron chi connectivity index (χ2n) is 2.04. The zero-order valence-corrected chi connectivity index (χ0v) is 4.73. The Bertz CT molecular complexity index is 124. The number of allylic oxidation sites excluding steroid dienone is 3. The highest BCUT2D eigenvalue weighted by atomic mass is 19.1. The average molecular weight is 112 g/mol. The van der Waals surface area contributed by atoms with Crippen LogP contribution in [0.2, 0.25) is 0 Å². The van der Waals surface area contributed by atoms with Crippen molar-refractivity contribution in [3.05, 3.63) is 24.3 Å². The maximum absolute atomic E-state index is 12.4. The molecule has 0 saturated heterocycles. The molecule has 1 rings (SSSR count). The van der Waals surface area contributed by atoms with E-state index in [2.05, 4.69) is 6.58 Å². The summed E-state index contributed by atoms with van der Waals surface area (Å²) >= 11 is 0. The van der Waals surface area contributed by atoms with Crippen molar-refractivity contribution in [1.29, 1.82) is 0 Å². The molecule has 1 heteroatoms. The summed E-state index contributed by atoms with van der Waals surface area (Å²) in [6.45, 7) is 3.57. The number of alkyl halides is 1. The molecule has 44 valence electrons. The molecule has 0 aromatic rings. The SMILES string of the molecule is C=C1CC=CC[C@@H]1F. The monoisotopic (exact) mass is 112 g/mol. The van der Waals surface area contributed by atoms with Crippen molar-refractivity contribution in [2.45, 2.75) is 19.0 Å². The van der Waals surface area contributed by atoms with E-state index in [-0.39, 0.29) is 0 Å². The minimum Gasteiger partial charge on any atom is -0.242 e. The van der Waals surface area contributed by atoms with Crippen LogP contribution in [-0.4, -0.2) is 6.17 Å². The minimum absolute atomic E-state index is 0.527. The van der Waals surface area contributed by atoms with Gasteiger partial charge in [-0.2, -0.15) is 0 Å². The largest absolute Gasteiger partial charge is 0.242 e. The van der Waals surface area contributed by atoms with Crippen LogP contribution in [0.15, 0.2) is 24.3 Å². The third-order valence-corrected chi connectivity index (χ3v) is 1.33. The molecule has 0 bridgehead atoms. The predicted octanol–water partition coefficient (Wildman–Crippen LogP) is 2.23. The third kappa shape index (κ3) is 0.971. The molecule has 0 unspecified atom stereocenters. The highest BCUT2D eigenvalue weighted by Crippen LogP contribution is 2.18. The van der Waals surface area contributed by atoms with Crippen LogP contribution in [0.1, 0.15) is 12.8 Å². The lowest BCUT2D eigenvalue weighted by Crippen LogP contribution is -2.04. The van der Waals surface area contributed by atoms with Gasteiger partial charge in [0.15, 0.2) is 0 Å². The summed E-state index contributed by atoms with van der Waals surface area (Å²) in [6, 6.07) is 0. The molecule has 0 spiro atoms. The first kappa shape index (κ1) is 5.54. The van der Waals surface area contributed by atoms with E-state index in [1.54, 1.807) is 0 Å². The molecule has 1 atom stereocenters. The van der Waals surface area contributed by atoms with Crippen molar-refractivity contribution in [3.8, 4) is 0 Å². The van der Waals surface area contributed by atoms with E-state index in [4.69, 9.17) is 0 Å². The van der Waals surface area contributed by atoms with Crippen LogP contribution < -0.4 is 0 Å². The molecule has 0 aromatic heterocycles. The molecule has 1 aliphatic rings. The summed E-state index contributed by atoms with van der Waals surface area (Å²) < 4.78 is 12.4. The molecule has 0 aromatic carbocycles. The first-order chi connectivity index (χ1) is 3.80. The molecule has 0 N–H and O–H groups in total. The lowest BCUT2D eigenvalue weighted by atomic mass is 10.0. The van der Waals surface area contributed by atoms with Gasteiger partial charge in [0.2, 0.25) is 0 Å². The Morgan fingerprint density at radius 3 is 2.75 bits per heavy atom. The van der Waals surface area contributed by atoms with Crippen LogP contribution in [0.5, 0.6) is 0 Å². The standard InChI is InChI=1S/C7H9F/c1-6-4-2-3-5-7(6)8/h2-3,7H,1,4-5H2/t7-/m0/s1. The number of hydrogen-bond acceptors (Lipinski definition) is 0. The Morgan fingerprint density at radius 2 is 2.38 bits per heavy atom. The van der Waals surface area contributed by atoms with Crippen molar-refractivity contribution in [1.82, 2.24) is 0 Å². The van der Waals surface area contributed by atoms with E-state index in [1.165, 1.54) is 0 Å². The fourth-order valence-electron chi connectivity index (χ4n) is 0.745. The van der Waals surface area contributed by atoms with Gasteiger partial charge in [0.25, 0.3) is 0 Å². The summed E-state index contributed by atoms with van der Waals surface area (Å²) in [5.41, 5.74) is 0.715. The maximum atomic E-state index is 12.4. The summed E-state index contributed by atoms with van der Waals surface area (Å²) in [4.78, 5) is 0.